The smallest absolute Gasteiger partial charge is 0.358 e. The van der Waals surface area contributed by atoms with Crippen LogP contribution in [0.5, 0.6) is 0 Å². The van der Waals surface area contributed by atoms with Crippen molar-refractivity contribution in [2.24, 2.45) is 10.7 Å². The van der Waals surface area contributed by atoms with Gasteiger partial charge in [0.1, 0.15) is 0 Å². The van der Waals surface area contributed by atoms with E-state index in [2.05, 4.69) is 32.2 Å². The fraction of sp³-hybridized carbons (Fsp3) is 0.455. The summed E-state index contributed by atoms with van der Waals surface area (Å²) in [5, 5.41) is 0. The molecule has 0 aliphatic rings. The van der Waals surface area contributed by atoms with E-state index in [4.69, 9.17) is 5.73 Å². The number of nitrogens with zero attached hydrogens (tertiary/aromatic N) is 1. The Kier molecular flexibility index (Phi) is 6.72. The SMILES string of the molecule is C=C(CC)C/C(N)=C(\N=C(/C)Br)C(=O)OC. The lowest BCUT2D eigenvalue weighted by Gasteiger charge is -2.07. The quantitative estimate of drug-likeness (QED) is 0.366. The molecule has 0 fully saturated rings. The zero-order valence-electron chi connectivity index (χ0n) is 9.84. The van der Waals surface area contributed by atoms with E-state index in [0.29, 0.717) is 16.7 Å². The number of halogens is 1. The van der Waals surface area contributed by atoms with Gasteiger partial charge < -0.3 is 10.5 Å². The molecular weight excluding hydrogens is 272 g/mol. The second kappa shape index (κ2) is 7.22. The van der Waals surface area contributed by atoms with Gasteiger partial charge in [0.05, 0.1) is 11.7 Å². The van der Waals surface area contributed by atoms with Gasteiger partial charge in [0.2, 0.25) is 0 Å². The van der Waals surface area contributed by atoms with Crippen molar-refractivity contribution in [1.29, 1.82) is 0 Å². The normalized spacial score (nSPS) is 13.1. The van der Waals surface area contributed by atoms with Crippen molar-refractivity contribution >= 4 is 26.5 Å². The number of hydrogen-bond acceptors (Lipinski definition) is 4. The van der Waals surface area contributed by atoms with Crippen LogP contribution in [0.4, 0.5) is 0 Å². The highest BCUT2D eigenvalue weighted by Gasteiger charge is 2.14. The summed E-state index contributed by atoms with van der Waals surface area (Å²) in [6.07, 6.45) is 1.26. The van der Waals surface area contributed by atoms with Crippen molar-refractivity contribution in [3.05, 3.63) is 23.5 Å². The minimum Gasteiger partial charge on any atom is -0.464 e. The molecule has 90 valence electrons. The largest absolute Gasteiger partial charge is 0.464 e. The monoisotopic (exact) mass is 288 g/mol. The lowest BCUT2D eigenvalue weighted by Crippen LogP contribution is -2.12. The summed E-state index contributed by atoms with van der Waals surface area (Å²) in [5.74, 6) is -0.541. The molecule has 5 heteroatoms. The van der Waals surface area contributed by atoms with E-state index in [1.807, 2.05) is 6.92 Å². The molecule has 0 radical (unpaired) electrons. The highest BCUT2D eigenvalue weighted by molar-refractivity contribution is 9.18. The molecule has 0 aromatic carbocycles. The number of ether oxygens (including phenoxy) is 1. The number of rotatable bonds is 5. The Morgan fingerprint density at radius 2 is 2.12 bits per heavy atom. The van der Waals surface area contributed by atoms with E-state index >= 15 is 0 Å². The minimum absolute atomic E-state index is 0.131. The van der Waals surface area contributed by atoms with Gasteiger partial charge in [0.15, 0.2) is 5.70 Å². The Morgan fingerprint density at radius 3 is 2.50 bits per heavy atom. The molecule has 0 saturated carbocycles. The van der Waals surface area contributed by atoms with Crippen molar-refractivity contribution in [3.63, 3.8) is 0 Å². The van der Waals surface area contributed by atoms with E-state index in [0.717, 1.165) is 12.0 Å². The van der Waals surface area contributed by atoms with Crippen LogP contribution >= 0.6 is 15.9 Å². The molecule has 0 amide bonds. The molecule has 0 aliphatic carbocycles. The molecule has 16 heavy (non-hydrogen) atoms. The fourth-order valence-corrected chi connectivity index (χ4v) is 1.15. The van der Waals surface area contributed by atoms with E-state index in [9.17, 15) is 4.79 Å². The Hall–Kier alpha value is -1.10. The predicted molar refractivity (Wildman–Crippen MR) is 69.3 cm³/mol. The van der Waals surface area contributed by atoms with Crippen LogP contribution < -0.4 is 5.73 Å². The first-order valence-electron chi connectivity index (χ1n) is 4.86. The third kappa shape index (κ3) is 5.11. The standard InChI is InChI=1S/C11H17BrN2O2/c1-5-7(2)6-9(13)10(11(15)16-4)14-8(3)12/h2,5-6,13H2,1,3-4H3/b10-9+,14-8+. The molecule has 0 saturated heterocycles. The highest BCUT2D eigenvalue weighted by Crippen LogP contribution is 2.14. The van der Waals surface area contributed by atoms with Gasteiger partial charge in [-0.3, -0.25) is 0 Å². The molecule has 0 heterocycles. The van der Waals surface area contributed by atoms with Gasteiger partial charge in [-0.1, -0.05) is 19.1 Å². The third-order valence-corrected chi connectivity index (χ3v) is 2.07. The molecule has 0 atom stereocenters. The van der Waals surface area contributed by atoms with Crippen LogP contribution in [0.1, 0.15) is 26.7 Å². The second-order valence-corrected chi connectivity index (χ2v) is 4.40. The van der Waals surface area contributed by atoms with Crippen molar-refractivity contribution in [1.82, 2.24) is 0 Å². The van der Waals surface area contributed by atoms with Gasteiger partial charge in [-0.25, -0.2) is 9.79 Å². The summed E-state index contributed by atoms with van der Waals surface area (Å²) in [6.45, 7) is 7.53. The van der Waals surface area contributed by atoms with Gasteiger partial charge in [0.25, 0.3) is 0 Å². The van der Waals surface area contributed by atoms with Crippen LogP contribution in [0.15, 0.2) is 28.5 Å². The maximum absolute atomic E-state index is 11.4. The molecule has 0 aromatic rings. The molecule has 4 nitrogen and oxygen atoms in total. The zero-order chi connectivity index (χ0) is 12.7. The average molecular weight is 289 g/mol. The van der Waals surface area contributed by atoms with E-state index in [1.54, 1.807) is 6.92 Å². The zero-order valence-corrected chi connectivity index (χ0v) is 11.4. The number of nitrogens with two attached hydrogens (primary N) is 1. The average Bonchev–Trinajstić information content (AvgIpc) is 2.24. The van der Waals surface area contributed by atoms with Gasteiger partial charge >= 0.3 is 5.97 Å². The fourth-order valence-electron chi connectivity index (χ4n) is 0.977. The first-order chi connectivity index (χ1) is 7.42. The van der Waals surface area contributed by atoms with E-state index in [1.165, 1.54) is 7.11 Å². The van der Waals surface area contributed by atoms with Crippen LogP contribution in [0.2, 0.25) is 0 Å². The summed E-state index contributed by atoms with van der Waals surface area (Å²) in [6, 6.07) is 0. The van der Waals surface area contributed by atoms with Gasteiger partial charge in [0, 0.05) is 12.1 Å². The molecule has 0 rings (SSSR count). The molecular formula is C11H17BrN2O2. The van der Waals surface area contributed by atoms with Crippen molar-refractivity contribution < 1.29 is 9.53 Å². The predicted octanol–water partition coefficient (Wildman–Crippen LogP) is 2.50. The second-order valence-electron chi connectivity index (χ2n) is 3.25. The summed E-state index contributed by atoms with van der Waals surface area (Å²) in [7, 11) is 1.29. The van der Waals surface area contributed by atoms with Crippen molar-refractivity contribution in [3.8, 4) is 0 Å². The Bertz CT molecular complexity index is 342. The van der Waals surface area contributed by atoms with Crippen LogP contribution in [-0.4, -0.2) is 17.7 Å². The number of esters is 1. The molecule has 0 aromatic heterocycles. The third-order valence-electron chi connectivity index (χ3n) is 1.89. The lowest BCUT2D eigenvalue weighted by atomic mass is 10.1. The number of methoxy groups -OCH3 is 1. The molecule has 0 bridgehead atoms. The van der Waals surface area contributed by atoms with Crippen molar-refractivity contribution in [2.45, 2.75) is 26.7 Å². The number of aliphatic imine (C=N–C) groups is 1. The van der Waals surface area contributed by atoms with Crippen LogP contribution in [0.25, 0.3) is 0 Å². The first kappa shape index (κ1) is 14.9. The lowest BCUT2D eigenvalue weighted by molar-refractivity contribution is -0.136. The summed E-state index contributed by atoms with van der Waals surface area (Å²) in [4.78, 5) is 15.4. The number of hydrogen-bond donors (Lipinski definition) is 1. The number of carbonyl (C=O) groups is 1. The van der Waals surface area contributed by atoms with E-state index < -0.39 is 5.97 Å². The maximum atomic E-state index is 11.4. The highest BCUT2D eigenvalue weighted by atomic mass is 79.9. The summed E-state index contributed by atoms with van der Waals surface area (Å²) >= 11 is 3.15. The Morgan fingerprint density at radius 1 is 1.56 bits per heavy atom. The Labute approximate surface area is 104 Å². The summed E-state index contributed by atoms with van der Waals surface area (Å²) < 4.78 is 5.18. The summed E-state index contributed by atoms with van der Waals surface area (Å²) in [5.41, 5.74) is 7.26. The molecule has 0 aliphatic heterocycles. The Balaban J connectivity index is 5.13. The van der Waals surface area contributed by atoms with Crippen LogP contribution in [0.3, 0.4) is 0 Å². The number of carbonyl (C=O) groups excluding carboxylic acids is 1. The molecule has 2 N–H and O–H groups in total. The van der Waals surface area contributed by atoms with E-state index in [-0.39, 0.29) is 5.70 Å². The topological polar surface area (TPSA) is 64.7 Å². The van der Waals surface area contributed by atoms with Gasteiger partial charge in [-0.05, 0) is 29.3 Å². The van der Waals surface area contributed by atoms with Gasteiger partial charge in [-0.2, -0.15) is 0 Å². The first-order valence-corrected chi connectivity index (χ1v) is 5.66. The molecule has 0 spiro atoms. The van der Waals surface area contributed by atoms with Crippen LogP contribution in [-0.2, 0) is 9.53 Å². The maximum Gasteiger partial charge on any atom is 0.358 e. The van der Waals surface area contributed by atoms with Gasteiger partial charge in [-0.15, -0.1) is 0 Å². The van der Waals surface area contributed by atoms with Crippen molar-refractivity contribution in [2.75, 3.05) is 7.11 Å². The minimum atomic E-state index is -0.541. The number of allylic oxidation sites excluding steroid dienone is 1. The molecule has 0 unspecified atom stereocenters. The van der Waals surface area contributed by atoms with Crippen LogP contribution in [0, 0.1) is 0 Å².